The second kappa shape index (κ2) is 18.6. The van der Waals surface area contributed by atoms with Gasteiger partial charge in [0.25, 0.3) is 0 Å². The van der Waals surface area contributed by atoms with E-state index in [1.807, 2.05) is 56.7 Å². The molecule has 0 aliphatic carbocycles. The van der Waals surface area contributed by atoms with Gasteiger partial charge in [0.15, 0.2) is 0 Å². The molecule has 5 rings (SSSR count). The van der Waals surface area contributed by atoms with E-state index in [1.165, 1.54) is 113 Å². The van der Waals surface area contributed by atoms with Crippen molar-refractivity contribution < 1.29 is 0 Å². The van der Waals surface area contributed by atoms with Gasteiger partial charge in [-0.3, -0.25) is 0 Å². The second-order valence-corrected chi connectivity index (χ2v) is 17.1. The van der Waals surface area contributed by atoms with Gasteiger partial charge in [0.1, 0.15) is 0 Å². The van der Waals surface area contributed by atoms with Gasteiger partial charge < -0.3 is 0 Å². The molecular weight excluding hydrogens is 641 g/mol. The standard InChI is InChI=1S/C40H44S5/c1-3-5-7-9-11-31-13-15-33(41-31)17-19-35-21-23-37(43-35)25-27-39-29-30-40(45-39)28-26-38-24-22-36(44-38)20-18-34-16-14-32(42-34)12-10-8-6-4-2/h13-30H,3-12H2,1-2H3/b19-17+,20-18+,27-25+,28-26+. The number of hydrogen-bond donors (Lipinski definition) is 0. The highest BCUT2D eigenvalue weighted by molar-refractivity contribution is 7.15. The summed E-state index contributed by atoms with van der Waals surface area (Å²) >= 11 is 9.38. The first-order chi connectivity index (χ1) is 22.2. The number of unbranched alkanes of at least 4 members (excludes halogenated alkanes) is 6. The molecule has 0 unspecified atom stereocenters. The molecule has 0 N–H and O–H groups in total. The number of thiophene rings is 5. The van der Waals surface area contributed by atoms with Crippen molar-refractivity contribution in [3.63, 3.8) is 0 Å². The third-order valence-electron chi connectivity index (χ3n) is 7.51. The average molecular weight is 685 g/mol. The first kappa shape index (κ1) is 33.8. The van der Waals surface area contributed by atoms with Crippen LogP contribution >= 0.6 is 56.7 Å². The highest BCUT2D eigenvalue weighted by Crippen LogP contribution is 2.28. The Kier molecular flexibility index (Phi) is 14.0. The lowest BCUT2D eigenvalue weighted by Crippen LogP contribution is -1.80. The lowest BCUT2D eigenvalue weighted by atomic mass is 10.1. The van der Waals surface area contributed by atoms with Crippen LogP contribution in [-0.4, -0.2) is 0 Å². The third-order valence-corrected chi connectivity index (χ3v) is 12.8. The van der Waals surface area contributed by atoms with E-state index in [9.17, 15) is 0 Å². The van der Waals surface area contributed by atoms with E-state index >= 15 is 0 Å². The van der Waals surface area contributed by atoms with Crippen LogP contribution in [0.3, 0.4) is 0 Å². The Balaban J connectivity index is 1.08. The minimum Gasteiger partial charge on any atom is -0.141 e. The predicted octanol–water partition coefficient (Wildman–Crippen LogP) is 14.9. The van der Waals surface area contributed by atoms with Crippen molar-refractivity contribution in [1.82, 2.24) is 0 Å². The molecule has 0 atom stereocenters. The van der Waals surface area contributed by atoms with Crippen molar-refractivity contribution in [2.75, 3.05) is 0 Å². The van der Waals surface area contributed by atoms with Crippen LogP contribution in [0.5, 0.6) is 0 Å². The molecule has 0 spiro atoms. The summed E-state index contributed by atoms with van der Waals surface area (Å²) in [5.74, 6) is 0. The van der Waals surface area contributed by atoms with Crippen LogP contribution in [0.2, 0.25) is 0 Å². The van der Waals surface area contributed by atoms with Crippen LogP contribution in [0.25, 0.3) is 48.6 Å². The Morgan fingerprint density at radius 3 is 0.889 bits per heavy atom. The summed E-state index contributed by atoms with van der Waals surface area (Å²) in [6.45, 7) is 4.54. The van der Waals surface area contributed by atoms with E-state index in [-0.39, 0.29) is 0 Å². The van der Waals surface area contributed by atoms with Gasteiger partial charge >= 0.3 is 0 Å². The molecule has 0 aromatic carbocycles. The number of aryl methyl sites for hydroxylation is 2. The summed E-state index contributed by atoms with van der Waals surface area (Å²) in [7, 11) is 0. The van der Waals surface area contributed by atoms with Gasteiger partial charge in [0.05, 0.1) is 0 Å². The highest BCUT2D eigenvalue weighted by atomic mass is 32.1. The van der Waals surface area contributed by atoms with E-state index < -0.39 is 0 Å². The van der Waals surface area contributed by atoms with Crippen molar-refractivity contribution in [2.45, 2.75) is 78.1 Å². The molecule has 5 heteroatoms. The van der Waals surface area contributed by atoms with Crippen molar-refractivity contribution in [1.29, 1.82) is 0 Å². The predicted molar refractivity (Wildman–Crippen MR) is 213 cm³/mol. The molecule has 0 amide bonds. The Bertz CT molecular complexity index is 1570. The van der Waals surface area contributed by atoms with Crippen molar-refractivity contribution in [2.24, 2.45) is 0 Å². The van der Waals surface area contributed by atoms with E-state index in [2.05, 4.69) is 123 Å². The zero-order valence-electron chi connectivity index (χ0n) is 26.5. The third kappa shape index (κ3) is 11.6. The van der Waals surface area contributed by atoms with Crippen molar-refractivity contribution in [3.05, 3.63) is 109 Å². The summed E-state index contributed by atoms with van der Waals surface area (Å²) in [6, 6.07) is 22.4. The first-order valence-corrected chi connectivity index (χ1v) is 20.4. The zero-order chi connectivity index (χ0) is 31.1. The molecule has 45 heavy (non-hydrogen) atoms. The van der Waals surface area contributed by atoms with Crippen LogP contribution in [0.4, 0.5) is 0 Å². The smallest absolute Gasteiger partial charge is 0.0277 e. The highest BCUT2D eigenvalue weighted by Gasteiger charge is 2.02. The average Bonchev–Trinajstić information content (AvgIpc) is 3.89. The monoisotopic (exact) mass is 684 g/mol. The molecular formula is C40H44S5. The molecule has 0 aliphatic rings. The van der Waals surface area contributed by atoms with E-state index in [0.29, 0.717) is 0 Å². The molecule has 5 heterocycles. The largest absolute Gasteiger partial charge is 0.141 e. The molecule has 5 aromatic rings. The van der Waals surface area contributed by atoms with Crippen molar-refractivity contribution in [3.8, 4) is 0 Å². The van der Waals surface area contributed by atoms with Gasteiger partial charge in [-0.15, -0.1) is 56.7 Å². The SMILES string of the molecule is CCCCCCc1ccc(/C=C/c2ccc(/C=C/c3ccc(/C=C/c4ccc(/C=C/c5ccc(CCCCCC)s5)s4)s3)s2)s1. The van der Waals surface area contributed by atoms with Gasteiger partial charge in [-0.1, -0.05) is 52.4 Å². The maximum absolute atomic E-state index is 2.30. The minimum absolute atomic E-state index is 1.22. The Labute approximate surface area is 290 Å². The van der Waals surface area contributed by atoms with Crippen LogP contribution in [-0.2, 0) is 12.8 Å². The zero-order valence-corrected chi connectivity index (χ0v) is 30.6. The van der Waals surface area contributed by atoms with Gasteiger partial charge in [-0.05, 0) is 135 Å². The van der Waals surface area contributed by atoms with Crippen LogP contribution in [0, 0.1) is 0 Å². The Morgan fingerprint density at radius 1 is 0.333 bits per heavy atom. The maximum atomic E-state index is 2.30. The molecule has 0 fully saturated rings. The van der Waals surface area contributed by atoms with Crippen molar-refractivity contribution >= 4 is 105 Å². The molecule has 0 aliphatic heterocycles. The number of hydrogen-bond acceptors (Lipinski definition) is 5. The van der Waals surface area contributed by atoms with Crippen LogP contribution < -0.4 is 0 Å². The molecule has 234 valence electrons. The van der Waals surface area contributed by atoms with Crippen LogP contribution in [0.15, 0.2) is 60.7 Å². The fraction of sp³-hybridized carbons (Fsp3) is 0.300. The molecule has 0 bridgehead atoms. The lowest BCUT2D eigenvalue weighted by molar-refractivity contribution is 0.670. The van der Waals surface area contributed by atoms with E-state index in [0.717, 1.165) is 0 Å². The first-order valence-electron chi connectivity index (χ1n) is 16.4. The summed E-state index contributed by atoms with van der Waals surface area (Å²) < 4.78 is 0. The summed E-state index contributed by atoms with van der Waals surface area (Å²) in [5, 5.41) is 0. The molecule has 5 aromatic heterocycles. The van der Waals surface area contributed by atoms with E-state index in [4.69, 9.17) is 0 Å². The Hall–Kier alpha value is -2.54. The summed E-state index contributed by atoms with van der Waals surface area (Å²) in [6.07, 6.45) is 31.0. The fourth-order valence-electron chi connectivity index (χ4n) is 4.99. The molecule has 0 radical (unpaired) electrons. The normalized spacial score (nSPS) is 12.3. The maximum Gasteiger partial charge on any atom is 0.0277 e. The van der Waals surface area contributed by atoms with Gasteiger partial charge in [0, 0.05) is 48.8 Å². The fourth-order valence-corrected chi connectivity index (χ4v) is 9.35. The second-order valence-electron chi connectivity index (χ2n) is 11.3. The quantitative estimate of drug-likeness (QED) is 0.0806. The molecule has 0 saturated carbocycles. The summed E-state index contributed by atoms with van der Waals surface area (Å²) in [5.41, 5.74) is 0. The van der Waals surface area contributed by atoms with Gasteiger partial charge in [-0.2, -0.15) is 0 Å². The van der Waals surface area contributed by atoms with E-state index in [1.54, 1.807) is 0 Å². The summed E-state index contributed by atoms with van der Waals surface area (Å²) in [4.78, 5) is 13.4. The topological polar surface area (TPSA) is 0 Å². The van der Waals surface area contributed by atoms with Gasteiger partial charge in [0.2, 0.25) is 0 Å². The molecule has 0 nitrogen and oxygen atoms in total. The van der Waals surface area contributed by atoms with Crippen LogP contribution in [0.1, 0.15) is 114 Å². The lowest BCUT2D eigenvalue weighted by Gasteiger charge is -1.96. The minimum atomic E-state index is 1.22. The Morgan fingerprint density at radius 2 is 0.600 bits per heavy atom. The van der Waals surface area contributed by atoms with Gasteiger partial charge in [-0.25, -0.2) is 0 Å². The number of rotatable bonds is 18. The molecule has 0 saturated heterocycles.